The number of carbonyl (C=O) groups excluding carboxylic acids is 3. The molecule has 1 aromatic carbocycles. The van der Waals surface area contributed by atoms with Gasteiger partial charge in [-0.25, -0.2) is 4.79 Å². The lowest BCUT2D eigenvalue weighted by Crippen LogP contribution is -2.66. The van der Waals surface area contributed by atoms with Crippen LogP contribution >= 0.6 is 0 Å². The predicted molar refractivity (Wildman–Crippen MR) is 114 cm³/mol. The van der Waals surface area contributed by atoms with Crippen molar-refractivity contribution in [2.45, 2.75) is 26.4 Å². The third kappa shape index (κ3) is 2.65. The average Bonchev–Trinajstić information content (AvgIpc) is 3.40. The molecule has 4 aliphatic rings. The zero-order valence-corrected chi connectivity index (χ0v) is 18.1. The molecular formula is C26H28O5. The Morgan fingerprint density at radius 3 is 2.42 bits per heavy atom. The van der Waals surface area contributed by atoms with Gasteiger partial charge in [0, 0.05) is 17.8 Å². The fraction of sp³-hybridized carbons (Fsp3) is 0.500. The van der Waals surface area contributed by atoms with Crippen LogP contribution in [0.4, 0.5) is 0 Å². The number of rotatable bonds is 3. The monoisotopic (exact) mass is 420 g/mol. The van der Waals surface area contributed by atoms with Crippen LogP contribution in [0.1, 0.15) is 30.6 Å². The number of ether oxygens (including phenoxy) is 2. The molecule has 2 saturated carbocycles. The summed E-state index contributed by atoms with van der Waals surface area (Å²) in [6, 6.07) is 8.92. The molecule has 9 atom stereocenters. The zero-order chi connectivity index (χ0) is 21.9. The van der Waals surface area contributed by atoms with Gasteiger partial charge in [0.15, 0.2) is 5.78 Å². The molecule has 2 bridgehead atoms. The van der Waals surface area contributed by atoms with E-state index < -0.39 is 29.4 Å². The first-order valence-corrected chi connectivity index (χ1v) is 11.2. The maximum atomic E-state index is 14.1. The van der Waals surface area contributed by atoms with Crippen LogP contribution in [0.3, 0.4) is 0 Å². The van der Waals surface area contributed by atoms with E-state index in [0.29, 0.717) is 5.56 Å². The minimum Gasteiger partial charge on any atom is -0.468 e. The summed E-state index contributed by atoms with van der Waals surface area (Å²) < 4.78 is 11.5. The van der Waals surface area contributed by atoms with Crippen molar-refractivity contribution in [1.29, 1.82) is 0 Å². The number of hydrogen-bond donors (Lipinski definition) is 0. The van der Waals surface area contributed by atoms with Crippen LogP contribution in [-0.2, 0) is 19.1 Å². The van der Waals surface area contributed by atoms with E-state index in [9.17, 15) is 14.4 Å². The quantitative estimate of drug-likeness (QED) is 0.422. The van der Waals surface area contributed by atoms with Crippen molar-refractivity contribution < 1.29 is 23.9 Å². The Morgan fingerprint density at radius 1 is 1.00 bits per heavy atom. The van der Waals surface area contributed by atoms with Gasteiger partial charge in [0.1, 0.15) is 11.5 Å². The van der Waals surface area contributed by atoms with E-state index >= 15 is 0 Å². The molecule has 5 unspecified atom stereocenters. The van der Waals surface area contributed by atoms with E-state index in [0.717, 1.165) is 6.42 Å². The molecule has 0 N–H and O–H groups in total. The van der Waals surface area contributed by atoms with Crippen LogP contribution in [0, 0.1) is 46.8 Å². The molecule has 0 heterocycles. The SMILES string of the molecule is COC(=O)[C@]12C(=O)C3C(C(OC(=O)c4ccccc4)[C@@H]1C(C)C=CC2C)[C@@H]1C=C[C@@H]3C1. The van der Waals surface area contributed by atoms with Crippen molar-refractivity contribution in [2.75, 3.05) is 7.11 Å². The lowest BCUT2D eigenvalue weighted by atomic mass is 9.47. The minimum absolute atomic E-state index is 0.0260. The summed E-state index contributed by atoms with van der Waals surface area (Å²) in [6.45, 7) is 3.91. The molecule has 2 fully saturated rings. The van der Waals surface area contributed by atoms with E-state index in [-0.39, 0.29) is 41.3 Å². The highest BCUT2D eigenvalue weighted by Crippen LogP contribution is 2.63. The summed E-state index contributed by atoms with van der Waals surface area (Å²) >= 11 is 0. The lowest BCUT2D eigenvalue weighted by Gasteiger charge is -2.55. The summed E-state index contributed by atoms with van der Waals surface area (Å²) in [5.41, 5.74) is -0.852. The highest BCUT2D eigenvalue weighted by atomic mass is 16.5. The number of methoxy groups -OCH3 is 1. The number of carbonyl (C=O) groups is 3. The summed E-state index contributed by atoms with van der Waals surface area (Å²) in [7, 11) is 1.34. The van der Waals surface area contributed by atoms with E-state index in [2.05, 4.69) is 18.2 Å². The maximum absolute atomic E-state index is 14.1. The Bertz CT molecular complexity index is 979. The Balaban J connectivity index is 1.65. The van der Waals surface area contributed by atoms with E-state index in [4.69, 9.17) is 9.47 Å². The molecule has 0 aromatic heterocycles. The van der Waals surface area contributed by atoms with Crippen LogP contribution in [0.5, 0.6) is 0 Å². The van der Waals surface area contributed by atoms with Crippen molar-refractivity contribution >= 4 is 17.7 Å². The molecule has 0 amide bonds. The van der Waals surface area contributed by atoms with Gasteiger partial charge >= 0.3 is 11.9 Å². The second kappa shape index (κ2) is 7.18. The fourth-order valence-electron chi connectivity index (χ4n) is 6.98. The molecule has 0 spiro atoms. The normalized spacial score (nSPS) is 42.1. The van der Waals surface area contributed by atoms with Gasteiger partial charge in [0.2, 0.25) is 0 Å². The smallest absolute Gasteiger partial charge is 0.338 e. The number of allylic oxidation sites excluding steroid dienone is 4. The maximum Gasteiger partial charge on any atom is 0.338 e. The van der Waals surface area contributed by atoms with E-state index in [1.165, 1.54) is 7.11 Å². The van der Waals surface area contributed by atoms with Crippen molar-refractivity contribution in [2.24, 2.45) is 46.8 Å². The number of benzene rings is 1. The average molecular weight is 421 g/mol. The Kier molecular flexibility index (Phi) is 4.68. The van der Waals surface area contributed by atoms with E-state index in [1.54, 1.807) is 24.3 Å². The predicted octanol–water partition coefficient (Wildman–Crippen LogP) is 3.85. The topological polar surface area (TPSA) is 69.7 Å². The molecule has 31 heavy (non-hydrogen) atoms. The van der Waals surface area contributed by atoms with Crippen molar-refractivity contribution in [3.63, 3.8) is 0 Å². The molecular weight excluding hydrogens is 392 g/mol. The number of ketones is 1. The van der Waals surface area contributed by atoms with E-state index in [1.807, 2.05) is 26.0 Å². The molecule has 4 aliphatic carbocycles. The lowest BCUT2D eigenvalue weighted by molar-refractivity contribution is -0.188. The van der Waals surface area contributed by atoms with Crippen LogP contribution in [0.25, 0.3) is 0 Å². The van der Waals surface area contributed by atoms with Gasteiger partial charge in [0.25, 0.3) is 0 Å². The number of hydrogen-bond acceptors (Lipinski definition) is 5. The highest BCUT2D eigenvalue weighted by Gasteiger charge is 2.71. The molecule has 0 saturated heterocycles. The molecule has 5 nitrogen and oxygen atoms in total. The Labute approximate surface area is 182 Å². The fourth-order valence-corrected chi connectivity index (χ4v) is 6.98. The van der Waals surface area contributed by atoms with Crippen molar-refractivity contribution in [3.8, 4) is 0 Å². The number of esters is 2. The second-order valence-corrected chi connectivity index (χ2v) is 9.57. The van der Waals surface area contributed by atoms with Crippen molar-refractivity contribution in [3.05, 3.63) is 60.2 Å². The van der Waals surface area contributed by atoms with Gasteiger partial charge in [-0.3, -0.25) is 9.59 Å². The standard InChI is InChI=1S/C26H28O5/c1-14-9-10-15(2)26(25(29)30-3)21(14)22(31-24(28)16-7-5-4-6-8-16)19-17-11-12-18(13-17)20(19)23(26)27/h4-12,14-15,17-22H,13H2,1-3H3/t14?,15?,17-,18-,19?,20?,21+,22?,26+/m1/s1. The van der Waals surface area contributed by atoms with Gasteiger partial charge in [0.05, 0.1) is 12.7 Å². The third-order valence-electron chi connectivity index (χ3n) is 8.25. The van der Waals surface area contributed by atoms with Gasteiger partial charge in [-0.1, -0.05) is 56.4 Å². The van der Waals surface area contributed by atoms with Crippen LogP contribution in [-0.4, -0.2) is 30.9 Å². The molecule has 5 heteroatoms. The summed E-state index contributed by atoms with van der Waals surface area (Å²) in [6.07, 6.45) is 8.63. The summed E-state index contributed by atoms with van der Waals surface area (Å²) in [5, 5.41) is 0. The molecule has 1 aromatic rings. The largest absolute Gasteiger partial charge is 0.468 e. The van der Waals surface area contributed by atoms with Gasteiger partial charge in [-0.15, -0.1) is 0 Å². The second-order valence-electron chi connectivity index (χ2n) is 9.57. The first kappa shape index (κ1) is 20.2. The molecule has 162 valence electrons. The van der Waals surface area contributed by atoms with Gasteiger partial charge in [-0.05, 0) is 42.2 Å². The molecule has 0 radical (unpaired) electrons. The van der Waals surface area contributed by atoms with Crippen LogP contribution in [0.2, 0.25) is 0 Å². The first-order chi connectivity index (χ1) is 14.9. The summed E-state index contributed by atoms with van der Waals surface area (Å²) in [4.78, 5) is 40.6. The van der Waals surface area contributed by atoms with Gasteiger partial charge < -0.3 is 9.47 Å². The molecule has 0 aliphatic heterocycles. The van der Waals surface area contributed by atoms with Crippen LogP contribution in [0.15, 0.2) is 54.6 Å². The third-order valence-corrected chi connectivity index (χ3v) is 8.25. The first-order valence-electron chi connectivity index (χ1n) is 11.2. The zero-order valence-electron chi connectivity index (χ0n) is 18.1. The highest BCUT2D eigenvalue weighted by molar-refractivity contribution is 6.07. The number of fused-ring (bicyclic) bond motifs is 6. The van der Waals surface area contributed by atoms with Crippen LogP contribution < -0.4 is 0 Å². The van der Waals surface area contributed by atoms with Crippen molar-refractivity contribution in [1.82, 2.24) is 0 Å². The molecule has 5 rings (SSSR count). The number of Topliss-reactive ketones (excluding diaryl/α,β-unsaturated/α-hetero) is 1. The minimum atomic E-state index is -1.33. The summed E-state index contributed by atoms with van der Waals surface area (Å²) in [5.74, 6) is -1.94. The van der Waals surface area contributed by atoms with Gasteiger partial charge in [-0.2, -0.15) is 0 Å². The Hall–Kier alpha value is -2.69. The Morgan fingerprint density at radius 2 is 1.71 bits per heavy atom.